The van der Waals surface area contributed by atoms with E-state index in [2.05, 4.69) is 27.6 Å². The average Bonchev–Trinajstić information content (AvgIpc) is 3.47. The molecule has 2 aliphatic heterocycles. The lowest BCUT2D eigenvalue weighted by atomic mass is 10.0. The van der Waals surface area contributed by atoms with Gasteiger partial charge in [0.05, 0.1) is 19.2 Å². The van der Waals surface area contributed by atoms with Crippen LogP contribution in [-0.2, 0) is 28.9 Å². The Kier molecular flexibility index (Phi) is 9.42. The van der Waals surface area contributed by atoms with Crippen LogP contribution in [0, 0.1) is 11.3 Å². The first-order valence-electron chi connectivity index (χ1n) is 12.8. The van der Waals surface area contributed by atoms with Crippen LogP contribution in [0.15, 0.2) is 18.3 Å². The van der Waals surface area contributed by atoms with Gasteiger partial charge in [-0.3, -0.25) is 15.0 Å². The first kappa shape index (κ1) is 27.7. The molecule has 2 aromatic rings. The van der Waals surface area contributed by atoms with Crippen LogP contribution in [-0.4, -0.2) is 72.2 Å². The molecule has 3 amide bonds. The van der Waals surface area contributed by atoms with Gasteiger partial charge in [-0.15, -0.1) is 0 Å². The molecule has 4 heterocycles. The lowest BCUT2D eigenvalue weighted by Gasteiger charge is -2.30. The smallest absolute Gasteiger partial charge is 0.328 e. The summed E-state index contributed by atoms with van der Waals surface area (Å²) >= 11 is 1.76. The number of hydrogen-bond acceptors (Lipinski definition) is 8. The average molecular weight is 539 g/mol. The highest BCUT2D eigenvalue weighted by Crippen LogP contribution is 2.32. The number of hydrogen-bond donors (Lipinski definition) is 1. The Balaban J connectivity index is 1.51. The van der Waals surface area contributed by atoms with E-state index in [0.29, 0.717) is 42.8 Å². The Morgan fingerprint density at radius 3 is 2.89 bits per heavy atom. The number of carbonyl (C=O) groups excluding carboxylic acids is 2. The van der Waals surface area contributed by atoms with E-state index in [1.807, 2.05) is 6.07 Å². The van der Waals surface area contributed by atoms with Gasteiger partial charge in [0.15, 0.2) is 0 Å². The molecule has 2 aliphatic rings. The Labute approximate surface area is 227 Å². The number of pyridine rings is 2. The van der Waals surface area contributed by atoms with E-state index >= 15 is 0 Å². The topological polar surface area (TPSA) is 121 Å². The second-order valence-electron chi connectivity index (χ2n) is 9.46. The molecule has 11 heteroatoms. The number of nitrogens with one attached hydrogen (secondary N) is 1. The Bertz CT molecular complexity index is 1210. The van der Waals surface area contributed by atoms with Crippen molar-refractivity contribution in [1.82, 2.24) is 14.9 Å². The van der Waals surface area contributed by atoms with Crippen molar-refractivity contribution in [3.63, 3.8) is 0 Å². The summed E-state index contributed by atoms with van der Waals surface area (Å²) < 4.78 is 11.1. The second kappa shape index (κ2) is 12.9. The number of rotatable bonds is 9. The molecule has 0 saturated carbocycles. The summed E-state index contributed by atoms with van der Waals surface area (Å²) in [5, 5.41) is 12.3. The maximum absolute atomic E-state index is 13.3. The van der Waals surface area contributed by atoms with Crippen molar-refractivity contribution in [3.8, 4) is 11.9 Å². The summed E-state index contributed by atoms with van der Waals surface area (Å²) in [4.78, 5) is 38.3. The molecular formula is C27H34N6O4S. The third kappa shape index (κ3) is 6.37. The Morgan fingerprint density at radius 2 is 2.18 bits per heavy atom. The van der Waals surface area contributed by atoms with Crippen molar-refractivity contribution in [3.05, 3.63) is 40.6 Å². The van der Waals surface area contributed by atoms with Crippen molar-refractivity contribution >= 4 is 35.3 Å². The monoisotopic (exact) mass is 538 g/mol. The Hall–Kier alpha value is -3.36. The maximum Gasteiger partial charge on any atom is 0.328 e. The molecule has 1 saturated heterocycles. The first-order chi connectivity index (χ1) is 18.4. The molecule has 0 radical (unpaired) electrons. The molecule has 1 fully saturated rings. The fourth-order valence-corrected chi connectivity index (χ4v) is 5.26. The van der Waals surface area contributed by atoms with Gasteiger partial charge in [0.25, 0.3) is 5.91 Å². The van der Waals surface area contributed by atoms with E-state index < -0.39 is 6.10 Å². The van der Waals surface area contributed by atoms with Gasteiger partial charge in [-0.2, -0.15) is 22.0 Å². The van der Waals surface area contributed by atoms with Crippen LogP contribution in [0.3, 0.4) is 0 Å². The number of amides is 3. The molecule has 10 nitrogen and oxygen atoms in total. The minimum absolute atomic E-state index is 0.0500. The molecular weight excluding hydrogens is 504 g/mol. The molecule has 0 aromatic carbocycles. The summed E-state index contributed by atoms with van der Waals surface area (Å²) in [7, 11) is 3.29. The summed E-state index contributed by atoms with van der Waals surface area (Å²) in [6.45, 7) is 1.45. The molecule has 1 atom stereocenters. The third-order valence-corrected chi connectivity index (χ3v) is 7.47. The van der Waals surface area contributed by atoms with Crippen LogP contribution < -0.4 is 15.0 Å². The van der Waals surface area contributed by atoms with Crippen LogP contribution in [0.2, 0.25) is 0 Å². The third-order valence-electron chi connectivity index (χ3n) is 6.77. The SMILES string of the molecule is COc1nc2c(cc1CN(C)C(=O)[C@@H]1CCCO1)CCCN2C(=O)Nc1cc(CCCSC)c(C#N)cn1. The molecule has 4 rings (SSSR count). The van der Waals surface area contributed by atoms with Crippen molar-refractivity contribution in [1.29, 1.82) is 5.26 Å². The normalized spacial score (nSPS) is 16.5. The fraction of sp³-hybridized carbons (Fsp3) is 0.519. The summed E-state index contributed by atoms with van der Waals surface area (Å²) in [5.41, 5.74) is 3.10. The van der Waals surface area contributed by atoms with Gasteiger partial charge >= 0.3 is 6.03 Å². The van der Waals surface area contributed by atoms with Crippen LogP contribution in [0.25, 0.3) is 0 Å². The first-order valence-corrected chi connectivity index (χ1v) is 14.2. The molecule has 0 spiro atoms. The van der Waals surface area contributed by atoms with Crippen molar-refractivity contribution in [2.45, 2.75) is 51.2 Å². The molecule has 2 aromatic heterocycles. The number of thioether (sulfide) groups is 1. The number of carbonyl (C=O) groups is 2. The lowest BCUT2D eigenvalue weighted by molar-refractivity contribution is -0.140. The maximum atomic E-state index is 13.3. The van der Waals surface area contributed by atoms with Gasteiger partial charge in [0.1, 0.15) is 23.8 Å². The number of aromatic nitrogens is 2. The molecule has 0 bridgehead atoms. The van der Waals surface area contributed by atoms with E-state index in [1.54, 1.807) is 34.7 Å². The highest BCUT2D eigenvalue weighted by molar-refractivity contribution is 7.98. The van der Waals surface area contributed by atoms with Crippen LogP contribution in [0.1, 0.15) is 47.9 Å². The summed E-state index contributed by atoms with van der Waals surface area (Å²) in [6.07, 6.45) is 8.02. The van der Waals surface area contributed by atoms with Crippen LogP contribution in [0.4, 0.5) is 16.4 Å². The van der Waals surface area contributed by atoms with Gasteiger partial charge in [0, 0.05) is 32.0 Å². The summed E-state index contributed by atoms with van der Waals surface area (Å²) in [6, 6.07) is 5.60. The van der Waals surface area contributed by atoms with Gasteiger partial charge in [-0.25, -0.2) is 9.78 Å². The predicted octanol–water partition coefficient (Wildman–Crippen LogP) is 3.77. The minimum Gasteiger partial charge on any atom is -0.481 e. The van der Waals surface area contributed by atoms with E-state index in [4.69, 9.17) is 9.47 Å². The largest absolute Gasteiger partial charge is 0.481 e. The highest BCUT2D eigenvalue weighted by Gasteiger charge is 2.29. The molecule has 1 N–H and O–H groups in total. The van der Waals surface area contributed by atoms with E-state index in [9.17, 15) is 14.9 Å². The Morgan fingerprint density at radius 1 is 1.34 bits per heavy atom. The quantitative estimate of drug-likeness (QED) is 0.479. The van der Waals surface area contributed by atoms with E-state index in [0.717, 1.165) is 61.0 Å². The molecule has 38 heavy (non-hydrogen) atoms. The zero-order valence-electron chi connectivity index (χ0n) is 22.2. The molecule has 202 valence electrons. The number of nitrogens with zero attached hydrogens (tertiary/aromatic N) is 5. The number of urea groups is 1. The number of likely N-dealkylation sites (N-methyl/N-ethyl adjacent to an activating group) is 1. The van der Waals surface area contributed by atoms with Gasteiger partial charge in [-0.05, 0) is 73.8 Å². The standard InChI is InChI=1S/C27H34N6O4S/c1-32(26(34)22-9-5-11-37-22)17-20-13-19-7-4-10-33(24(19)31-25(20)36-2)27(35)30-23-14-18(8-6-12-38-3)21(15-28)16-29-23/h13-14,16,22H,4-12,17H2,1-3H3,(H,29,30,35)/t22-/m0/s1. The number of fused-ring (bicyclic) bond motifs is 1. The number of nitriles is 1. The fourth-order valence-electron chi connectivity index (χ4n) is 4.82. The zero-order chi connectivity index (χ0) is 27.1. The van der Waals surface area contributed by atoms with E-state index in [1.165, 1.54) is 13.3 Å². The molecule has 0 aliphatic carbocycles. The van der Waals surface area contributed by atoms with Gasteiger partial charge in [0.2, 0.25) is 5.88 Å². The van der Waals surface area contributed by atoms with Crippen molar-refractivity contribution in [2.24, 2.45) is 0 Å². The van der Waals surface area contributed by atoms with Crippen LogP contribution in [0.5, 0.6) is 5.88 Å². The molecule has 0 unspecified atom stereocenters. The van der Waals surface area contributed by atoms with E-state index in [-0.39, 0.29) is 11.9 Å². The minimum atomic E-state index is -0.391. The van der Waals surface area contributed by atoms with Crippen molar-refractivity contribution in [2.75, 3.05) is 49.5 Å². The number of methoxy groups -OCH3 is 1. The number of anilines is 2. The number of aryl methyl sites for hydroxylation is 2. The predicted molar refractivity (Wildman–Crippen MR) is 147 cm³/mol. The van der Waals surface area contributed by atoms with Gasteiger partial charge in [-0.1, -0.05) is 0 Å². The zero-order valence-corrected chi connectivity index (χ0v) is 23.0. The number of ether oxygens (including phenoxy) is 2. The summed E-state index contributed by atoms with van der Waals surface area (Å²) in [5.74, 6) is 2.26. The van der Waals surface area contributed by atoms with Crippen LogP contribution >= 0.6 is 11.8 Å². The lowest BCUT2D eigenvalue weighted by Crippen LogP contribution is -2.40. The van der Waals surface area contributed by atoms with Gasteiger partial charge < -0.3 is 14.4 Å². The van der Waals surface area contributed by atoms with Crippen molar-refractivity contribution < 1.29 is 19.1 Å². The second-order valence-corrected chi connectivity index (χ2v) is 10.4. The highest BCUT2D eigenvalue weighted by atomic mass is 32.2.